The van der Waals surface area contributed by atoms with Gasteiger partial charge in [0.05, 0.1) is 0 Å². The molecule has 136 valence electrons. The summed E-state index contributed by atoms with van der Waals surface area (Å²) in [6.45, 7) is 0.888. The first-order chi connectivity index (χ1) is 11.4. The Bertz CT molecular complexity index is 241. The van der Waals surface area contributed by atoms with Crippen LogP contribution in [0.4, 0.5) is 0 Å². The third-order valence-corrected chi connectivity index (χ3v) is 5.15. The van der Waals surface area contributed by atoms with Crippen LogP contribution in [0.2, 0.25) is 0 Å². The predicted octanol–water partition coefficient (Wildman–Crippen LogP) is 6.53. The number of hydrogen-bond donors (Lipinski definition) is 1. The lowest BCUT2D eigenvalue weighted by atomic mass is 10.0. The van der Waals surface area contributed by atoms with Crippen LogP contribution in [-0.2, 0) is 4.79 Å². The van der Waals surface area contributed by atoms with Crippen molar-refractivity contribution in [3.63, 3.8) is 0 Å². The molecule has 0 spiro atoms. The Morgan fingerprint density at radius 1 is 0.435 bits per heavy atom. The van der Waals surface area contributed by atoms with E-state index in [1.54, 1.807) is 0 Å². The van der Waals surface area contributed by atoms with Crippen molar-refractivity contribution in [1.29, 1.82) is 0 Å². The van der Waals surface area contributed by atoms with Crippen molar-refractivity contribution in [2.75, 3.05) is 6.54 Å². The molecule has 1 heterocycles. The molecule has 1 amide bonds. The fourth-order valence-corrected chi connectivity index (χ4v) is 3.56. The highest BCUT2D eigenvalue weighted by Crippen LogP contribution is 2.14. The molecule has 0 saturated carbocycles. The Morgan fingerprint density at radius 2 is 0.739 bits per heavy atom. The van der Waals surface area contributed by atoms with Crippen LogP contribution in [-0.4, -0.2) is 12.5 Å². The van der Waals surface area contributed by atoms with Gasteiger partial charge in [0.2, 0.25) is 5.91 Å². The van der Waals surface area contributed by atoms with Gasteiger partial charge in [-0.05, 0) is 12.8 Å². The number of carbonyl (C=O) groups excluding carboxylic acids is 1. The summed E-state index contributed by atoms with van der Waals surface area (Å²) in [7, 11) is 0. The average Bonchev–Trinajstić information content (AvgIpc) is 2.55. The fraction of sp³-hybridized carbons (Fsp3) is 0.952. The number of nitrogens with one attached hydrogen (secondary N) is 1. The van der Waals surface area contributed by atoms with E-state index in [2.05, 4.69) is 5.32 Å². The zero-order valence-electron chi connectivity index (χ0n) is 15.6. The van der Waals surface area contributed by atoms with E-state index in [1.165, 1.54) is 103 Å². The van der Waals surface area contributed by atoms with E-state index in [4.69, 9.17) is 0 Å². The minimum atomic E-state index is 0.271. The minimum absolute atomic E-state index is 0.271. The normalized spacial score (nSPS) is 23.2. The molecule has 0 bridgehead atoms. The van der Waals surface area contributed by atoms with Gasteiger partial charge >= 0.3 is 0 Å². The molecule has 0 unspecified atom stereocenters. The number of hydrogen-bond acceptors (Lipinski definition) is 1. The van der Waals surface area contributed by atoms with Crippen LogP contribution in [0.5, 0.6) is 0 Å². The average molecular weight is 324 g/mol. The van der Waals surface area contributed by atoms with Crippen molar-refractivity contribution in [2.24, 2.45) is 0 Å². The van der Waals surface area contributed by atoms with Crippen LogP contribution in [0.25, 0.3) is 0 Å². The van der Waals surface area contributed by atoms with Crippen LogP contribution in [0.3, 0.4) is 0 Å². The molecular weight excluding hydrogens is 282 g/mol. The van der Waals surface area contributed by atoms with Crippen LogP contribution in [0, 0.1) is 0 Å². The van der Waals surface area contributed by atoms with Crippen LogP contribution >= 0.6 is 0 Å². The molecule has 1 aliphatic rings. The summed E-state index contributed by atoms with van der Waals surface area (Å²) in [5.74, 6) is 0.271. The second-order valence-electron chi connectivity index (χ2n) is 7.46. The van der Waals surface area contributed by atoms with Gasteiger partial charge in [0, 0.05) is 13.0 Å². The Balaban J connectivity index is 2.08. The molecule has 1 N–H and O–H groups in total. The lowest BCUT2D eigenvalue weighted by Gasteiger charge is -2.06. The Hall–Kier alpha value is -0.530. The summed E-state index contributed by atoms with van der Waals surface area (Å²) in [5, 5.41) is 3.08. The molecule has 0 aromatic heterocycles. The summed E-state index contributed by atoms with van der Waals surface area (Å²) >= 11 is 0. The first-order valence-electron chi connectivity index (χ1n) is 10.7. The SMILES string of the molecule is O=C1CCCCCCCCCCCCCCCCCCCCN1. The highest BCUT2D eigenvalue weighted by Gasteiger charge is 2.01. The summed E-state index contributed by atoms with van der Waals surface area (Å²) in [6.07, 6.45) is 25.2. The second kappa shape index (κ2) is 16.3. The standard InChI is InChI=1S/C21H41NO/c23-21-19-17-15-13-11-9-7-5-3-1-2-4-6-8-10-12-14-16-18-20-22-21/h1-20H2,(H,22,23). The maximum atomic E-state index is 11.7. The van der Waals surface area contributed by atoms with Crippen LogP contribution in [0.15, 0.2) is 0 Å². The summed E-state index contributed by atoms with van der Waals surface area (Å²) < 4.78 is 0. The maximum Gasteiger partial charge on any atom is 0.219 e. The second-order valence-corrected chi connectivity index (χ2v) is 7.46. The Labute approximate surface area is 145 Å². The zero-order chi connectivity index (χ0) is 16.4. The van der Waals surface area contributed by atoms with E-state index >= 15 is 0 Å². The molecule has 23 heavy (non-hydrogen) atoms. The quantitative estimate of drug-likeness (QED) is 0.539. The topological polar surface area (TPSA) is 29.1 Å². The minimum Gasteiger partial charge on any atom is -0.356 e. The van der Waals surface area contributed by atoms with Crippen molar-refractivity contribution in [3.05, 3.63) is 0 Å². The van der Waals surface area contributed by atoms with Gasteiger partial charge in [-0.3, -0.25) is 4.79 Å². The molecule has 0 aromatic carbocycles. The van der Waals surface area contributed by atoms with E-state index in [0.717, 1.165) is 25.8 Å². The Morgan fingerprint density at radius 3 is 1.13 bits per heavy atom. The predicted molar refractivity (Wildman–Crippen MR) is 101 cm³/mol. The van der Waals surface area contributed by atoms with Crippen molar-refractivity contribution < 1.29 is 4.79 Å². The number of amides is 1. The third-order valence-electron chi connectivity index (χ3n) is 5.15. The van der Waals surface area contributed by atoms with Crippen molar-refractivity contribution in [3.8, 4) is 0 Å². The molecule has 1 saturated heterocycles. The molecule has 0 atom stereocenters. The first kappa shape index (κ1) is 20.5. The molecule has 2 heteroatoms. The molecule has 0 aromatic rings. The third kappa shape index (κ3) is 14.8. The van der Waals surface area contributed by atoms with Gasteiger partial charge in [0.25, 0.3) is 0 Å². The highest BCUT2D eigenvalue weighted by atomic mass is 16.1. The summed E-state index contributed by atoms with van der Waals surface area (Å²) in [5.41, 5.74) is 0. The van der Waals surface area contributed by atoms with Gasteiger partial charge < -0.3 is 5.32 Å². The van der Waals surface area contributed by atoms with Gasteiger partial charge in [0.1, 0.15) is 0 Å². The molecule has 1 rings (SSSR count). The lowest BCUT2D eigenvalue weighted by Crippen LogP contribution is -2.23. The van der Waals surface area contributed by atoms with Gasteiger partial charge in [-0.25, -0.2) is 0 Å². The van der Waals surface area contributed by atoms with Gasteiger partial charge in [0.15, 0.2) is 0 Å². The van der Waals surface area contributed by atoms with Crippen LogP contribution < -0.4 is 5.32 Å². The number of rotatable bonds is 0. The largest absolute Gasteiger partial charge is 0.356 e. The summed E-state index contributed by atoms with van der Waals surface area (Å²) in [4.78, 5) is 11.7. The molecule has 1 fully saturated rings. The smallest absolute Gasteiger partial charge is 0.219 e. The fourth-order valence-electron chi connectivity index (χ4n) is 3.56. The molecule has 2 nitrogen and oxygen atoms in total. The lowest BCUT2D eigenvalue weighted by molar-refractivity contribution is -0.121. The first-order valence-corrected chi connectivity index (χ1v) is 10.7. The molecule has 0 radical (unpaired) electrons. The molecule has 1 aliphatic heterocycles. The van der Waals surface area contributed by atoms with Crippen molar-refractivity contribution >= 4 is 5.91 Å². The van der Waals surface area contributed by atoms with E-state index in [1.807, 2.05) is 0 Å². The highest BCUT2D eigenvalue weighted by molar-refractivity contribution is 5.75. The van der Waals surface area contributed by atoms with Gasteiger partial charge in [-0.15, -0.1) is 0 Å². The van der Waals surface area contributed by atoms with E-state index in [-0.39, 0.29) is 5.91 Å². The molecular formula is C21H41NO. The van der Waals surface area contributed by atoms with E-state index in [0.29, 0.717) is 0 Å². The van der Waals surface area contributed by atoms with Crippen LogP contribution in [0.1, 0.15) is 122 Å². The zero-order valence-corrected chi connectivity index (χ0v) is 15.6. The maximum absolute atomic E-state index is 11.7. The van der Waals surface area contributed by atoms with Crippen molar-refractivity contribution in [2.45, 2.75) is 122 Å². The van der Waals surface area contributed by atoms with E-state index in [9.17, 15) is 4.79 Å². The van der Waals surface area contributed by atoms with Gasteiger partial charge in [-0.1, -0.05) is 103 Å². The summed E-state index contributed by atoms with van der Waals surface area (Å²) in [6, 6.07) is 0. The monoisotopic (exact) mass is 323 g/mol. The van der Waals surface area contributed by atoms with E-state index < -0.39 is 0 Å². The molecule has 0 aliphatic carbocycles. The Kier molecular flexibility index (Phi) is 14.6. The number of carbonyl (C=O) groups is 1. The van der Waals surface area contributed by atoms with Gasteiger partial charge in [-0.2, -0.15) is 0 Å². The van der Waals surface area contributed by atoms with Crippen molar-refractivity contribution in [1.82, 2.24) is 5.32 Å².